The number of benzene rings is 2. The van der Waals surface area contributed by atoms with Gasteiger partial charge in [-0.15, -0.1) is 0 Å². The molecule has 0 bridgehead atoms. The van der Waals surface area contributed by atoms with E-state index in [9.17, 15) is 35.9 Å². The maximum atomic E-state index is 14.3. The molecule has 2 rings (SSSR count). The highest BCUT2D eigenvalue weighted by Crippen LogP contribution is 2.56. The Hall–Kier alpha value is -3.56. The van der Waals surface area contributed by atoms with Crippen molar-refractivity contribution in [3.05, 3.63) is 84.0 Å². The highest BCUT2D eigenvalue weighted by atomic mass is 19.4. The molecule has 4 nitrogen and oxygen atoms in total. The second-order valence-electron chi connectivity index (χ2n) is 6.96. The Morgan fingerprint density at radius 3 is 1.30 bits per heavy atom. The van der Waals surface area contributed by atoms with E-state index in [1.54, 1.807) is 0 Å². The molecule has 0 aliphatic heterocycles. The molecule has 2 aromatic rings. The number of carbonyl (C=O) groups excluding carboxylic acids is 2. The van der Waals surface area contributed by atoms with Crippen molar-refractivity contribution in [3.8, 4) is 11.5 Å². The van der Waals surface area contributed by atoms with Crippen molar-refractivity contribution >= 4 is 11.9 Å². The third-order valence-corrected chi connectivity index (χ3v) is 4.82. The molecule has 2 aromatic carbocycles. The van der Waals surface area contributed by atoms with Gasteiger partial charge in [0.25, 0.3) is 0 Å². The zero-order valence-electron chi connectivity index (χ0n) is 17.4. The fraction of sp³-hybridized carbons (Fsp3) is 0.217. The normalized spacial score (nSPS) is 12.1. The molecule has 33 heavy (non-hydrogen) atoms. The molecule has 0 aliphatic rings. The summed E-state index contributed by atoms with van der Waals surface area (Å²) in [5.41, 5.74) is -6.94. The minimum Gasteiger partial charge on any atom is -0.423 e. The second kappa shape index (κ2) is 9.13. The van der Waals surface area contributed by atoms with Gasteiger partial charge in [-0.3, -0.25) is 0 Å². The summed E-state index contributed by atoms with van der Waals surface area (Å²) in [5, 5.41) is 0. The lowest BCUT2D eigenvalue weighted by Crippen LogP contribution is -2.54. The lowest BCUT2D eigenvalue weighted by molar-refractivity contribution is -0.288. The van der Waals surface area contributed by atoms with Crippen molar-refractivity contribution in [3.63, 3.8) is 0 Å². The number of hydrogen-bond acceptors (Lipinski definition) is 4. The maximum absolute atomic E-state index is 14.3. The van der Waals surface area contributed by atoms with Crippen molar-refractivity contribution in [2.24, 2.45) is 0 Å². The first kappa shape index (κ1) is 25.7. The van der Waals surface area contributed by atoms with E-state index >= 15 is 0 Å². The van der Waals surface area contributed by atoms with Gasteiger partial charge in [-0.1, -0.05) is 37.4 Å². The Labute approximate surface area is 185 Å². The van der Waals surface area contributed by atoms with Gasteiger partial charge in [0.1, 0.15) is 11.5 Å². The molecule has 0 heterocycles. The fourth-order valence-corrected chi connectivity index (χ4v) is 3.28. The Morgan fingerprint density at radius 1 is 0.727 bits per heavy atom. The van der Waals surface area contributed by atoms with Gasteiger partial charge >= 0.3 is 24.3 Å². The van der Waals surface area contributed by atoms with Crippen LogP contribution in [0.4, 0.5) is 26.3 Å². The number of aryl methyl sites for hydroxylation is 2. The first-order valence-electron chi connectivity index (χ1n) is 9.23. The molecule has 0 fully saturated rings. The number of alkyl halides is 6. The molecule has 0 saturated heterocycles. The van der Waals surface area contributed by atoms with E-state index in [0.29, 0.717) is 24.3 Å². The number of hydrogen-bond donors (Lipinski definition) is 0. The van der Waals surface area contributed by atoms with Crippen LogP contribution in [0, 0.1) is 13.8 Å². The average Bonchev–Trinajstić information content (AvgIpc) is 2.69. The zero-order valence-corrected chi connectivity index (χ0v) is 17.4. The Bertz CT molecular complexity index is 1010. The quantitative estimate of drug-likeness (QED) is 0.228. The van der Waals surface area contributed by atoms with Crippen LogP contribution < -0.4 is 9.47 Å². The number of esters is 2. The van der Waals surface area contributed by atoms with Gasteiger partial charge in [-0.2, -0.15) is 26.3 Å². The van der Waals surface area contributed by atoms with Crippen LogP contribution >= 0.6 is 0 Å². The van der Waals surface area contributed by atoms with Crippen LogP contribution in [0.15, 0.2) is 61.7 Å². The lowest BCUT2D eigenvalue weighted by atomic mass is 9.72. The summed E-state index contributed by atoms with van der Waals surface area (Å²) >= 11 is 0. The van der Waals surface area contributed by atoms with Gasteiger partial charge in [0.15, 0.2) is 0 Å². The fourth-order valence-electron chi connectivity index (χ4n) is 3.28. The Kier molecular flexibility index (Phi) is 7.11. The maximum Gasteiger partial charge on any atom is 0.411 e. The van der Waals surface area contributed by atoms with Gasteiger partial charge in [-0.25, -0.2) is 9.59 Å². The molecule has 0 saturated carbocycles. The predicted octanol–water partition coefficient (Wildman–Crippen LogP) is 5.90. The largest absolute Gasteiger partial charge is 0.423 e. The SMILES string of the molecule is C=CC(=O)Oc1ccc(C(c2ccc(OC(=O)C=C)c(C)c2)(C(F)(F)F)C(F)(F)F)cc1C. The summed E-state index contributed by atoms with van der Waals surface area (Å²) in [5.74, 6) is -2.29. The van der Waals surface area contributed by atoms with E-state index in [4.69, 9.17) is 9.47 Å². The smallest absolute Gasteiger partial charge is 0.411 e. The van der Waals surface area contributed by atoms with Gasteiger partial charge in [0, 0.05) is 12.2 Å². The van der Waals surface area contributed by atoms with Crippen LogP contribution in [-0.2, 0) is 15.0 Å². The number of carbonyl (C=O) groups is 2. The van der Waals surface area contributed by atoms with Gasteiger partial charge in [0.2, 0.25) is 5.41 Å². The number of halogens is 6. The molecular formula is C23H18F6O4. The molecule has 0 amide bonds. The van der Waals surface area contributed by atoms with E-state index in [2.05, 4.69) is 13.2 Å². The molecular weight excluding hydrogens is 454 g/mol. The summed E-state index contributed by atoms with van der Waals surface area (Å²) in [7, 11) is 0. The van der Waals surface area contributed by atoms with Crippen LogP contribution in [0.1, 0.15) is 22.3 Å². The highest BCUT2D eigenvalue weighted by Gasteiger charge is 2.72. The molecule has 0 unspecified atom stereocenters. The van der Waals surface area contributed by atoms with Crippen molar-refractivity contribution in [2.75, 3.05) is 0 Å². The summed E-state index contributed by atoms with van der Waals surface area (Å²) in [6, 6.07) is 4.22. The van der Waals surface area contributed by atoms with Gasteiger partial charge in [0.05, 0.1) is 0 Å². The minimum atomic E-state index is -5.82. The van der Waals surface area contributed by atoms with Crippen LogP contribution in [0.2, 0.25) is 0 Å². The standard InChI is InChI=1S/C23H18F6O4/c1-5-19(30)32-17-9-7-15(11-13(17)3)21(22(24,25)26,23(27,28)29)16-8-10-18(14(4)12-16)33-20(31)6-2/h5-12H,1-2H2,3-4H3. The van der Waals surface area contributed by atoms with Crippen molar-refractivity contribution in [1.82, 2.24) is 0 Å². The summed E-state index contributed by atoms with van der Waals surface area (Å²) in [6.07, 6.45) is -10.0. The molecule has 10 heteroatoms. The van der Waals surface area contributed by atoms with Gasteiger partial charge in [-0.05, 0) is 48.2 Å². The number of rotatable bonds is 6. The van der Waals surface area contributed by atoms with Crippen LogP contribution in [-0.4, -0.2) is 24.3 Å². The Balaban J connectivity index is 2.80. The third kappa shape index (κ3) is 4.79. The van der Waals surface area contributed by atoms with Crippen molar-refractivity contribution in [2.45, 2.75) is 31.6 Å². The topological polar surface area (TPSA) is 52.6 Å². The Morgan fingerprint density at radius 2 is 1.06 bits per heavy atom. The molecule has 176 valence electrons. The van der Waals surface area contributed by atoms with E-state index in [0.717, 1.165) is 24.3 Å². The van der Waals surface area contributed by atoms with E-state index in [1.165, 1.54) is 13.8 Å². The van der Waals surface area contributed by atoms with E-state index in [-0.39, 0.29) is 22.6 Å². The lowest BCUT2D eigenvalue weighted by Gasteiger charge is -2.38. The number of ether oxygens (including phenoxy) is 2. The first-order chi connectivity index (χ1) is 15.2. The molecule has 0 atom stereocenters. The predicted molar refractivity (Wildman–Crippen MR) is 107 cm³/mol. The molecule has 0 spiro atoms. The van der Waals surface area contributed by atoms with Crippen LogP contribution in [0.3, 0.4) is 0 Å². The van der Waals surface area contributed by atoms with E-state index < -0.39 is 40.8 Å². The molecule has 0 radical (unpaired) electrons. The minimum absolute atomic E-state index is 0.131. The van der Waals surface area contributed by atoms with Crippen LogP contribution in [0.5, 0.6) is 11.5 Å². The van der Waals surface area contributed by atoms with Crippen molar-refractivity contribution < 1.29 is 45.4 Å². The van der Waals surface area contributed by atoms with Crippen LogP contribution in [0.25, 0.3) is 0 Å². The average molecular weight is 472 g/mol. The third-order valence-electron chi connectivity index (χ3n) is 4.82. The molecule has 0 aromatic heterocycles. The first-order valence-corrected chi connectivity index (χ1v) is 9.23. The zero-order chi connectivity index (χ0) is 25.2. The molecule has 0 aliphatic carbocycles. The summed E-state index contributed by atoms with van der Waals surface area (Å²) < 4.78 is 95.6. The summed E-state index contributed by atoms with van der Waals surface area (Å²) in [4.78, 5) is 22.8. The highest BCUT2D eigenvalue weighted by molar-refractivity contribution is 5.84. The van der Waals surface area contributed by atoms with Crippen molar-refractivity contribution in [1.29, 1.82) is 0 Å². The van der Waals surface area contributed by atoms with Gasteiger partial charge < -0.3 is 9.47 Å². The second-order valence-corrected chi connectivity index (χ2v) is 6.96. The summed E-state index contributed by atoms with van der Waals surface area (Å²) in [6.45, 7) is 8.76. The van der Waals surface area contributed by atoms with E-state index in [1.807, 2.05) is 0 Å². The molecule has 0 N–H and O–H groups in total. The monoisotopic (exact) mass is 472 g/mol.